The standard InChI is InChI=1S/C13H10O2.C12H20BrN3O2S/c14-13(15)12-9-5-4-8-11(12)10-6-2-1-3-7-10;1-4-18-12-15-8(10(13)16-12)6-14-11(17)9(19)5-7(2)3/h1-9H,(H,14,15);7,9,19H,4-6H2,1-3H3,(H,14,17)(H,15,16)/t;9-/m.0/s1. The van der Waals surface area contributed by atoms with E-state index in [0.717, 1.165) is 23.2 Å². The first kappa shape index (κ1) is 27.5. The summed E-state index contributed by atoms with van der Waals surface area (Å²) in [5.41, 5.74) is 2.80. The van der Waals surface area contributed by atoms with Gasteiger partial charge in [0.2, 0.25) is 5.91 Å². The Kier molecular flexibility index (Phi) is 11.2. The van der Waals surface area contributed by atoms with Crippen LogP contribution in [0.25, 0.3) is 11.1 Å². The van der Waals surface area contributed by atoms with Crippen LogP contribution in [0, 0.1) is 5.92 Å². The zero-order chi connectivity index (χ0) is 25.1. The molecule has 1 heterocycles. The number of nitrogens with one attached hydrogen (secondary N) is 2. The molecule has 2 aromatic carbocycles. The number of ether oxygens (including phenoxy) is 1. The van der Waals surface area contributed by atoms with Gasteiger partial charge in [0.15, 0.2) is 0 Å². The van der Waals surface area contributed by atoms with Crippen LogP contribution in [-0.2, 0) is 11.3 Å². The topological polar surface area (TPSA) is 104 Å². The molecule has 0 aliphatic carbocycles. The fourth-order valence-electron chi connectivity index (χ4n) is 3.07. The normalized spacial score (nSPS) is 11.4. The van der Waals surface area contributed by atoms with Gasteiger partial charge in [0.25, 0.3) is 6.01 Å². The summed E-state index contributed by atoms with van der Waals surface area (Å²) in [6.07, 6.45) is 0.753. The van der Waals surface area contributed by atoms with Crippen molar-refractivity contribution in [1.29, 1.82) is 0 Å². The number of rotatable bonds is 9. The Morgan fingerprint density at radius 2 is 1.79 bits per heavy atom. The number of imidazole rings is 1. The van der Waals surface area contributed by atoms with Crippen LogP contribution < -0.4 is 10.1 Å². The average molecular weight is 549 g/mol. The SMILES string of the molecule is CCOc1nc(Br)c(CNC(=O)[C@@H](S)CC(C)C)[nH]1.O=C(O)c1ccccc1-c1ccccc1. The fraction of sp³-hybridized carbons (Fsp3) is 0.320. The summed E-state index contributed by atoms with van der Waals surface area (Å²) in [5.74, 6) is -0.525. The minimum absolute atomic E-state index is 0.0727. The first-order valence-corrected chi connectivity index (χ1v) is 12.2. The van der Waals surface area contributed by atoms with Gasteiger partial charge in [0.1, 0.15) is 4.60 Å². The van der Waals surface area contributed by atoms with Crippen molar-refractivity contribution < 1.29 is 19.4 Å². The molecule has 7 nitrogen and oxygen atoms in total. The predicted molar refractivity (Wildman–Crippen MR) is 140 cm³/mol. The minimum atomic E-state index is -0.894. The third-order valence-electron chi connectivity index (χ3n) is 4.67. The quantitative estimate of drug-likeness (QED) is 0.261. The summed E-state index contributed by atoms with van der Waals surface area (Å²) in [6, 6.07) is 17.0. The Morgan fingerprint density at radius 1 is 1.15 bits per heavy atom. The number of hydrogen-bond acceptors (Lipinski definition) is 5. The molecule has 0 aliphatic rings. The summed E-state index contributed by atoms with van der Waals surface area (Å²) < 4.78 is 5.90. The second-order valence-corrected chi connectivity index (χ2v) is 9.20. The number of H-pyrrole nitrogens is 1. The van der Waals surface area contributed by atoms with Crippen molar-refractivity contribution in [2.45, 2.75) is 39.0 Å². The molecule has 0 saturated carbocycles. The van der Waals surface area contributed by atoms with Gasteiger partial charge in [0, 0.05) is 0 Å². The molecule has 1 aromatic heterocycles. The van der Waals surface area contributed by atoms with E-state index in [2.05, 4.69) is 57.7 Å². The molecule has 0 spiro atoms. The summed E-state index contributed by atoms with van der Waals surface area (Å²) >= 11 is 7.62. The molecule has 182 valence electrons. The van der Waals surface area contributed by atoms with Gasteiger partial charge in [0.05, 0.1) is 29.7 Å². The van der Waals surface area contributed by atoms with Gasteiger partial charge >= 0.3 is 5.97 Å². The van der Waals surface area contributed by atoms with Crippen molar-refractivity contribution in [3.05, 3.63) is 70.5 Å². The largest absolute Gasteiger partial charge is 0.478 e. The highest BCUT2D eigenvalue weighted by atomic mass is 79.9. The summed E-state index contributed by atoms with van der Waals surface area (Å²) in [5, 5.41) is 11.6. The molecule has 1 amide bonds. The molecule has 0 radical (unpaired) electrons. The highest BCUT2D eigenvalue weighted by Crippen LogP contribution is 2.23. The van der Waals surface area contributed by atoms with Gasteiger partial charge in [-0.2, -0.15) is 17.6 Å². The van der Waals surface area contributed by atoms with Gasteiger partial charge in [-0.1, -0.05) is 62.4 Å². The van der Waals surface area contributed by atoms with Crippen LogP contribution in [0.5, 0.6) is 6.01 Å². The van der Waals surface area contributed by atoms with Gasteiger partial charge in [-0.05, 0) is 52.4 Å². The number of aromatic carboxylic acids is 1. The Bertz CT molecular complexity index is 1070. The fourth-order valence-corrected chi connectivity index (χ4v) is 3.99. The Labute approximate surface area is 213 Å². The first-order chi connectivity index (χ1) is 16.2. The van der Waals surface area contributed by atoms with Crippen LogP contribution in [0.15, 0.2) is 59.2 Å². The lowest BCUT2D eigenvalue weighted by Crippen LogP contribution is -2.32. The van der Waals surface area contributed by atoms with E-state index in [9.17, 15) is 9.59 Å². The highest BCUT2D eigenvalue weighted by Gasteiger charge is 2.16. The highest BCUT2D eigenvalue weighted by molar-refractivity contribution is 9.10. The maximum atomic E-state index is 11.8. The predicted octanol–water partition coefficient (Wildman–Crippen LogP) is 5.58. The van der Waals surface area contributed by atoms with Crippen molar-refractivity contribution >= 4 is 40.4 Å². The van der Waals surface area contributed by atoms with Crippen molar-refractivity contribution in [3.63, 3.8) is 0 Å². The van der Waals surface area contributed by atoms with Crippen molar-refractivity contribution in [1.82, 2.24) is 15.3 Å². The number of halogens is 1. The van der Waals surface area contributed by atoms with Crippen LogP contribution in [0.4, 0.5) is 0 Å². The number of carboxylic acids is 1. The molecule has 3 N–H and O–H groups in total. The zero-order valence-corrected chi connectivity index (χ0v) is 21.9. The van der Waals surface area contributed by atoms with E-state index in [1.807, 2.05) is 49.4 Å². The smallest absolute Gasteiger partial charge is 0.336 e. The van der Waals surface area contributed by atoms with E-state index in [0.29, 0.717) is 35.2 Å². The van der Waals surface area contributed by atoms with Crippen LogP contribution in [0.2, 0.25) is 0 Å². The Morgan fingerprint density at radius 3 is 2.41 bits per heavy atom. The molecule has 0 saturated heterocycles. The van der Waals surface area contributed by atoms with Crippen LogP contribution in [0.3, 0.4) is 0 Å². The monoisotopic (exact) mass is 547 g/mol. The summed E-state index contributed by atoms with van der Waals surface area (Å²) in [4.78, 5) is 30.0. The maximum absolute atomic E-state index is 11.8. The third kappa shape index (κ3) is 8.53. The van der Waals surface area contributed by atoms with Crippen molar-refractivity contribution in [2.24, 2.45) is 5.92 Å². The number of aromatic amines is 1. The van der Waals surface area contributed by atoms with Crippen LogP contribution in [0.1, 0.15) is 43.2 Å². The van der Waals surface area contributed by atoms with Gasteiger partial charge in [-0.3, -0.25) is 4.79 Å². The molecular formula is C25H30BrN3O4S. The zero-order valence-electron chi connectivity index (χ0n) is 19.4. The number of hydrogen-bond donors (Lipinski definition) is 4. The number of amides is 1. The van der Waals surface area contributed by atoms with Gasteiger partial charge in [-0.15, -0.1) is 0 Å². The lowest BCUT2D eigenvalue weighted by atomic mass is 10.00. The molecular weight excluding hydrogens is 518 g/mol. The first-order valence-electron chi connectivity index (χ1n) is 10.9. The average Bonchev–Trinajstić information content (AvgIpc) is 3.17. The number of nitrogens with zero attached hydrogens (tertiary/aromatic N) is 1. The van der Waals surface area contributed by atoms with E-state index in [4.69, 9.17) is 9.84 Å². The number of aromatic nitrogens is 2. The molecule has 1 atom stereocenters. The molecule has 0 bridgehead atoms. The van der Waals surface area contributed by atoms with E-state index in [-0.39, 0.29) is 11.2 Å². The number of carbonyl (C=O) groups excluding carboxylic acids is 1. The molecule has 34 heavy (non-hydrogen) atoms. The third-order valence-corrected chi connectivity index (χ3v) is 5.77. The van der Waals surface area contributed by atoms with Crippen LogP contribution in [-0.4, -0.2) is 38.8 Å². The van der Waals surface area contributed by atoms with Gasteiger partial charge < -0.3 is 20.1 Å². The second-order valence-electron chi connectivity index (χ2n) is 7.82. The number of thiol groups is 1. The van der Waals surface area contributed by atoms with E-state index in [1.54, 1.807) is 12.1 Å². The number of carboxylic acid groups (broad SMARTS) is 1. The Hall–Kier alpha value is -2.78. The van der Waals surface area contributed by atoms with Crippen molar-refractivity contribution in [2.75, 3.05) is 6.61 Å². The van der Waals surface area contributed by atoms with Crippen molar-refractivity contribution in [3.8, 4) is 17.1 Å². The van der Waals surface area contributed by atoms with E-state index in [1.165, 1.54) is 0 Å². The number of benzene rings is 2. The molecule has 9 heteroatoms. The maximum Gasteiger partial charge on any atom is 0.336 e. The molecule has 0 unspecified atom stereocenters. The number of carbonyl (C=O) groups is 2. The van der Waals surface area contributed by atoms with E-state index >= 15 is 0 Å². The van der Waals surface area contributed by atoms with Crippen LogP contribution >= 0.6 is 28.6 Å². The summed E-state index contributed by atoms with van der Waals surface area (Å²) in [6.45, 7) is 6.93. The summed E-state index contributed by atoms with van der Waals surface area (Å²) in [7, 11) is 0. The molecule has 0 aliphatic heterocycles. The minimum Gasteiger partial charge on any atom is -0.478 e. The van der Waals surface area contributed by atoms with Gasteiger partial charge in [-0.25, -0.2) is 4.79 Å². The second kappa shape index (κ2) is 13.8. The molecule has 3 aromatic rings. The lowest BCUT2D eigenvalue weighted by molar-refractivity contribution is -0.121. The van der Waals surface area contributed by atoms with E-state index < -0.39 is 5.97 Å². The molecule has 0 fully saturated rings. The molecule has 3 rings (SSSR count). The Balaban J connectivity index is 0.000000246. The lowest BCUT2D eigenvalue weighted by Gasteiger charge is -2.12.